The van der Waals surface area contributed by atoms with Gasteiger partial charge in [0.25, 0.3) is 0 Å². The normalized spacial score (nSPS) is 15.6. The molecule has 0 aliphatic heterocycles. The summed E-state index contributed by atoms with van der Waals surface area (Å²) in [6, 6.07) is 0. The van der Waals surface area contributed by atoms with Crippen LogP contribution in [0.3, 0.4) is 0 Å². The summed E-state index contributed by atoms with van der Waals surface area (Å²) >= 11 is 0. The molecular formula is C15H24O2. The van der Waals surface area contributed by atoms with Crippen molar-refractivity contribution in [2.45, 2.75) is 46.1 Å². The first-order valence-electron chi connectivity index (χ1n) is 5.85. The average molecular weight is 236 g/mol. The van der Waals surface area contributed by atoms with Gasteiger partial charge in [-0.25, -0.2) is 0 Å². The molecule has 0 saturated heterocycles. The second-order valence-corrected chi connectivity index (χ2v) is 5.49. The third-order valence-electron chi connectivity index (χ3n) is 2.88. The molecule has 1 unspecified atom stereocenters. The van der Waals surface area contributed by atoms with Gasteiger partial charge in [-0.2, -0.15) is 0 Å². The highest BCUT2D eigenvalue weighted by molar-refractivity contribution is 5.94. The summed E-state index contributed by atoms with van der Waals surface area (Å²) in [5, 5.41) is 9.82. The highest BCUT2D eigenvalue weighted by Crippen LogP contribution is 2.28. The second-order valence-electron chi connectivity index (χ2n) is 5.49. The van der Waals surface area contributed by atoms with Crippen LogP contribution in [0.15, 0.2) is 37.0 Å². The standard InChI is InChI=1S/C15H24O2/c1-7-15(6,17)11-10-14(4,5)13(16)9-8-12(2)3/h7-9,17H,1-2,10-11H2,3-6H3/b9-8+. The maximum absolute atomic E-state index is 11.9. The summed E-state index contributed by atoms with van der Waals surface area (Å²) in [4.78, 5) is 11.9. The zero-order valence-corrected chi connectivity index (χ0v) is 11.4. The average Bonchev–Trinajstić information content (AvgIpc) is 2.23. The number of rotatable bonds is 7. The van der Waals surface area contributed by atoms with Gasteiger partial charge < -0.3 is 5.11 Å². The molecule has 0 heterocycles. The van der Waals surface area contributed by atoms with E-state index in [-0.39, 0.29) is 5.78 Å². The minimum atomic E-state index is -0.907. The first kappa shape index (κ1) is 15.9. The first-order valence-corrected chi connectivity index (χ1v) is 5.85. The quantitative estimate of drug-likeness (QED) is 0.418. The summed E-state index contributed by atoms with van der Waals surface area (Å²) < 4.78 is 0. The molecule has 0 radical (unpaired) electrons. The topological polar surface area (TPSA) is 37.3 Å². The monoisotopic (exact) mass is 236 g/mol. The number of aliphatic hydroxyl groups is 1. The number of hydrogen-bond donors (Lipinski definition) is 1. The van der Waals surface area contributed by atoms with E-state index >= 15 is 0 Å². The van der Waals surface area contributed by atoms with Gasteiger partial charge in [0.15, 0.2) is 5.78 Å². The molecule has 0 amide bonds. The van der Waals surface area contributed by atoms with Gasteiger partial charge >= 0.3 is 0 Å². The van der Waals surface area contributed by atoms with Crippen LogP contribution in [0.5, 0.6) is 0 Å². The van der Waals surface area contributed by atoms with Crippen LogP contribution in [0.25, 0.3) is 0 Å². The van der Waals surface area contributed by atoms with Crippen LogP contribution in [0.1, 0.15) is 40.5 Å². The first-order chi connectivity index (χ1) is 7.60. The van der Waals surface area contributed by atoms with Crippen molar-refractivity contribution < 1.29 is 9.90 Å². The van der Waals surface area contributed by atoms with Crippen LogP contribution in [0.2, 0.25) is 0 Å². The molecule has 1 N–H and O–H groups in total. The van der Waals surface area contributed by atoms with E-state index in [1.54, 1.807) is 19.1 Å². The van der Waals surface area contributed by atoms with Crippen LogP contribution in [-0.4, -0.2) is 16.5 Å². The van der Waals surface area contributed by atoms with Crippen molar-refractivity contribution in [3.05, 3.63) is 37.0 Å². The number of carbonyl (C=O) groups excluding carboxylic acids is 1. The SMILES string of the molecule is C=CC(C)(O)CCC(C)(C)C(=O)/C=C/C(=C)C. The van der Waals surface area contributed by atoms with Crippen molar-refractivity contribution in [2.24, 2.45) is 5.41 Å². The lowest BCUT2D eigenvalue weighted by Gasteiger charge is -2.26. The smallest absolute Gasteiger partial charge is 0.161 e. The number of ketones is 1. The van der Waals surface area contributed by atoms with E-state index < -0.39 is 11.0 Å². The Morgan fingerprint density at radius 1 is 1.24 bits per heavy atom. The van der Waals surface area contributed by atoms with Gasteiger partial charge in [0, 0.05) is 5.41 Å². The van der Waals surface area contributed by atoms with E-state index in [2.05, 4.69) is 13.2 Å². The summed E-state index contributed by atoms with van der Waals surface area (Å²) in [5.74, 6) is 0.0559. The van der Waals surface area contributed by atoms with E-state index in [1.807, 2.05) is 20.8 Å². The summed E-state index contributed by atoms with van der Waals surface area (Å²) in [5.41, 5.74) is -0.526. The minimum absolute atomic E-state index is 0.0559. The fraction of sp³-hybridized carbons (Fsp3) is 0.533. The number of hydrogen-bond acceptors (Lipinski definition) is 2. The summed E-state index contributed by atoms with van der Waals surface area (Å²) in [6.07, 6.45) is 5.93. The van der Waals surface area contributed by atoms with Gasteiger partial charge in [-0.1, -0.05) is 38.2 Å². The Bertz CT molecular complexity index is 333. The Kier molecular flexibility index (Phi) is 5.56. The van der Waals surface area contributed by atoms with Crippen molar-refractivity contribution in [1.29, 1.82) is 0 Å². The van der Waals surface area contributed by atoms with Gasteiger partial charge in [-0.15, -0.1) is 6.58 Å². The molecule has 2 heteroatoms. The largest absolute Gasteiger partial charge is 0.386 e. The van der Waals surface area contributed by atoms with Crippen molar-refractivity contribution in [2.75, 3.05) is 0 Å². The van der Waals surface area contributed by atoms with Crippen LogP contribution >= 0.6 is 0 Å². The maximum Gasteiger partial charge on any atom is 0.161 e. The molecule has 2 nitrogen and oxygen atoms in total. The molecule has 0 saturated carbocycles. The molecule has 0 fully saturated rings. The summed E-state index contributed by atoms with van der Waals surface area (Å²) in [7, 11) is 0. The number of carbonyl (C=O) groups is 1. The van der Waals surface area contributed by atoms with Crippen molar-refractivity contribution >= 4 is 5.78 Å². The van der Waals surface area contributed by atoms with Crippen molar-refractivity contribution in [1.82, 2.24) is 0 Å². The molecule has 0 spiro atoms. The molecule has 0 aromatic heterocycles. The molecular weight excluding hydrogens is 212 g/mol. The molecule has 0 aliphatic carbocycles. The lowest BCUT2D eigenvalue weighted by atomic mass is 9.80. The Morgan fingerprint density at radius 2 is 1.76 bits per heavy atom. The minimum Gasteiger partial charge on any atom is -0.386 e. The predicted molar refractivity (Wildman–Crippen MR) is 72.8 cm³/mol. The fourth-order valence-electron chi connectivity index (χ4n) is 1.23. The van der Waals surface area contributed by atoms with Gasteiger partial charge in [-0.05, 0) is 32.8 Å². The van der Waals surface area contributed by atoms with Gasteiger partial charge in [0.2, 0.25) is 0 Å². The molecule has 96 valence electrons. The van der Waals surface area contributed by atoms with Gasteiger partial charge in [0.1, 0.15) is 0 Å². The highest BCUT2D eigenvalue weighted by atomic mass is 16.3. The summed E-state index contributed by atoms with van der Waals surface area (Å²) in [6.45, 7) is 14.6. The van der Waals surface area contributed by atoms with E-state index in [4.69, 9.17) is 0 Å². The number of allylic oxidation sites excluding steroid dienone is 3. The van der Waals surface area contributed by atoms with Gasteiger partial charge in [0.05, 0.1) is 5.60 Å². The molecule has 1 atom stereocenters. The van der Waals surface area contributed by atoms with Crippen molar-refractivity contribution in [3.8, 4) is 0 Å². The Hall–Kier alpha value is -1.15. The third kappa shape index (κ3) is 6.22. The Morgan fingerprint density at radius 3 is 2.18 bits per heavy atom. The Balaban J connectivity index is 4.52. The fourth-order valence-corrected chi connectivity index (χ4v) is 1.23. The van der Waals surface area contributed by atoms with E-state index in [0.717, 1.165) is 5.57 Å². The molecule has 0 aliphatic rings. The van der Waals surface area contributed by atoms with E-state index in [1.165, 1.54) is 6.08 Å². The van der Waals surface area contributed by atoms with Crippen LogP contribution < -0.4 is 0 Å². The second kappa shape index (κ2) is 5.97. The highest BCUT2D eigenvalue weighted by Gasteiger charge is 2.28. The third-order valence-corrected chi connectivity index (χ3v) is 2.88. The zero-order chi connectivity index (χ0) is 13.7. The Labute approximate surface area is 105 Å². The van der Waals surface area contributed by atoms with Crippen LogP contribution in [-0.2, 0) is 4.79 Å². The zero-order valence-electron chi connectivity index (χ0n) is 11.4. The lowest BCUT2D eigenvalue weighted by molar-refractivity contribution is -0.122. The lowest BCUT2D eigenvalue weighted by Crippen LogP contribution is -2.28. The predicted octanol–water partition coefficient (Wildman–Crippen LogP) is 3.43. The van der Waals surface area contributed by atoms with Crippen molar-refractivity contribution in [3.63, 3.8) is 0 Å². The van der Waals surface area contributed by atoms with E-state index in [9.17, 15) is 9.90 Å². The molecule has 0 aromatic rings. The van der Waals surface area contributed by atoms with Crippen LogP contribution in [0.4, 0.5) is 0 Å². The molecule has 17 heavy (non-hydrogen) atoms. The van der Waals surface area contributed by atoms with E-state index in [0.29, 0.717) is 12.8 Å². The van der Waals surface area contributed by atoms with Gasteiger partial charge in [-0.3, -0.25) is 4.79 Å². The molecule has 0 aromatic carbocycles. The molecule has 0 rings (SSSR count). The maximum atomic E-state index is 11.9. The van der Waals surface area contributed by atoms with Crippen LogP contribution in [0, 0.1) is 5.41 Å². The molecule has 0 bridgehead atoms.